The van der Waals surface area contributed by atoms with E-state index in [2.05, 4.69) is 10.5 Å². The van der Waals surface area contributed by atoms with Crippen LogP contribution in [0.5, 0.6) is 11.5 Å². The van der Waals surface area contributed by atoms with Crippen molar-refractivity contribution in [3.63, 3.8) is 0 Å². The minimum atomic E-state index is 0.0368. The Morgan fingerprint density at radius 2 is 1.95 bits per heavy atom. The van der Waals surface area contributed by atoms with Crippen LogP contribution in [-0.2, 0) is 4.79 Å². The molecule has 1 aliphatic heterocycles. The third-order valence-electron chi connectivity index (χ3n) is 4.10. The van der Waals surface area contributed by atoms with Gasteiger partial charge in [0.1, 0.15) is 0 Å². The molecule has 0 atom stereocenters. The number of nitrogens with zero attached hydrogens (tertiary/aromatic N) is 1. The number of ether oxygens (including phenoxy) is 2. The van der Waals surface area contributed by atoms with Gasteiger partial charge in [0.25, 0.3) is 0 Å². The lowest BCUT2D eigenvalue weighted by molar-refractivity contribution is -0.125. The van der Waals surface area contributed by atoms with E-state index in [1.54, 1.807) is 0 Å². The summed E-state index contributed by atoms with van der Waals surface area (Å²) in [5, 5.41) is 4.22. The number of fused-ring (bicyclic) bond motifs is 1. The zero-order valence-electron chi connectivity index (χ0n) is 12.2. The van der Waals surface area contributed by atoms with Gasteiger partial charge in [-0.3, -0.25) is 4.79 Å². The van der Waals surface area contributed by atoms with Gasteiger partial charge in [0.05, 0.1) is 5.71 Å². The van der Waals surface area contributed by atoms with Crippen LogP contribution in [0.3, 0.4) is 0 Å². The zero-order chi connectivity index (χ0) is 14.7. The molecule has 5 nitrogen and oxygen atoms in total. The molecule has 1 amide bonds. The van der Waals surface area contributed by atoms with Crippen LogP contribution in [0.25, 0.3) is 0 Å². The van der Waals surface area contributed by atoms with Crippen LogP contribution >= 0.6 is 0 Å². The SMILES string of the molecule is CC(=NNC(=O)C1CCCCC1)c1ccc2c(c1)OCO2. The van der Waals surface area contributed by atoms with E-state index in [4.69, 9.17) is 9.47 Å². The molecular weight excluding hydrogens is 268 g/mol. The second-order valence-electron chi connectivity index (χ2n) is 5.58. The Bertz CT molecular complexity index is 563. The quantitative estimate of drug-likeness (QED) is 0.687. The van der Waals surface area contributed by atoms with E-state index in [0.717, 1.165) is 48.5 Å². The Hall–Kier alpha value is -2.04. The number of hydrazone groups is 1. The first kappa shape index (κ1) is 13.9. The molecule has 2 aliphatic rings. The molecule has 1 heterocycles. The van der Waals surface area contributed by atoms with Crippen molar-refractivity contribution in [2.45, 2.75) is 39.0 Å². The predicted molar refractivity (Wildman–Crippen MR) is 79.5 cm³/mol. The van der Waals surface area contributed by atoms with Crippen molar-refractivity contribution in [1.82, 2.24) is 5.43 Å². The maximum atomic E-state index is 12.1. The molecule has 0 radical (unpaired) electrons. The molecule has 1 aliphatic carbocycles. The summed E-state index contributed by atoms with van der Waals surface area (Å²) in [6, 6.07) is 5.66. The summed E-state index contributed by atoms with van der Waals surface area (Å²) in [4.78, 5) is 12.1. The lowest BCUT2D eigenvalue weighted by atomic mass is 9.89. The van der Waals surface area contributed by atoms with Crippen molar-refractivity contribution < 1.29 is 14.3 Å². The van der Waals surface area contributed by atoms with Gasteiger partial charge in [0.2, 0.25) is 12.7 Å². The largest absolute Gasteiger partial charge is 0.454 e. The van der Waals surface area contributed by atoms with Gasteiger partial charge in [0.15, 0.2) is 11.5 Å². The van der Waals surface area contributed by atoms with E-state index in [1.807, 2.05) is 25.1 Å². The molecule has 0 aromatic heterocycles. The Labute approximate surface area is 124 Å². The van der Waals surface area contributed by atoms with Crippen molar-refractivity contribution >= 4 is 11.6 Å². The molecule has 0 spiro atoms. The summed E-state index contributed by atoms with van der Waals surface area (Å²) in [6.45, 7) is 2.13. The van der Waals surface area contributed by atoms with Crippen LogP contribution in [0.4, 0.5) is 0 Å². The molecule has 1 saturated carbocycles. The Morgan fingerprint density at radius 3 is 2.76 bits per heavy atom. The average molecular weight is 288 g/mol. The lowest BCUT2D eigenvalue weighted by Crippen LogP contribution is -2.29. The molecule has 0 saturated heterocycles. The molecule has 3 rings (SSSR count). The van der Waals surface area contributed by atoms with E-state index >= 15 is 0 Å². The number of carbonyl (C=O) groups excluding carboxylic acids is 1. The van der Waals surface area contributed by atoms with E-state index in [-0.39, 0.29) is 18.6 Å². The van der Waals surface area contributed by atoms with Crippen LogP contribution in [0.1, 0.15) is 44.6 Å². The summed E-state index contributed by atoms with van der Waals surface area (Å²) in [7, 11) is 0. The number of rotatable bonds is 3. The van der Waals surface area contributed by atoms with Gasteiger partial charge in [-0.1, -0.05) is 19.3 Å². The first-order valence-electron chi connectivity index (χ1n) is 7.48. The van der Waals surface area contributed by atoms with Gasteiger partial charge >= 0.3 is 0 Å². The molecule has 1 fully saturated rings. The van der Waals surface area contributed by atoms with Crippen molar-refractivity contribution in [2.24, 2.45) is 11.0 Å². The van der Waals surface area contributed by atoms with Crippen LogP contribution < -0.4 is 14.9 Å². The van der Waals surface area contributed by atoms with E-state index in [9.17, 15) is 4.79 Å². The van der Waals surface area contributed by atoms with Crippen LogP contribution in [-0.4, -0.2) is 18.4 Å². The maximum absolute atomic E-state index is 12.1. The molecule has 0 bridgehead atoms. The number of benzene rings is 1. The molecule has 1 aromatic rings. The third kappa shape index (κ3) is 3.17. The monoisotopic (exact) mass is 288 g/mol. The minimum absolute atomic E-state index is 0.0368. The second kappa shape index (κ2) is 6.16. The number of nitrogens with one attached hydrogen (secondary N) is 1. The second-order valence-corrected chi connectivity index (χ2v) is 5.58. The Morgan fingerprint density at radius 1 is 1.19 bits per heavy atom. The highest BCUT2D eigenvalue weighted by Gasteiger charge is 2.20. The number of hydrogen-bond acceptors (Lipinski definition) is 4. The van der Waals surface area contributed by atoms with Gasteiger partial charge in [0, 0.05) is 11.5 Å². The first-order valence-corrected chi connectivity index (χ1v) is 7.48. The van der Waals surface area contributed by atoms with Crippen molar-refractivity contribution in [3.05, 3.63) is 23.8 Å². The molecular formula is C16H20N2O3. The number of hydrogen-bond donors (Lipinski definition) is 1. The lowest BCUT2D eigenvalue weighted by Gasteiger charge is -2.19. The smallest absolute Gasteiger partial charge is 0.243 e. The van der Waals surface area contributed by atoms with Gasteiger partial charge in [-0.15, -0.1) is 0 Å². The summed E-state index contributed by atoms with van der Waals surface area (Å²) in [6.07, 6.45) is 5.48. The van der Waals surface area contributed by atoms with E-state index in [1.165, 1.54) is 6.42 Å². The minimum Gasteiger partial charge on any atom is -0.454 e. The number of carbonyl (C=O) groups is 1. The fraction of sp³-hybridized carbons (Fsp3) is 0.500. The van der Waals surface area contributed by atoms with Gasteiger partial charge in [-0.25, -0.2) is 5.43 Å². The summed E-state index contributed by atoms with van der Waals surface area (Å²) >= 11 is 0. The topological polar surface area (TPSA) is 59.9 Å². The van der Waals surface area contributed by atoms with Crippen molar-refractivity contribution in [3.8, 4) is 11.5 Å². The fourth-order valence-corrected chi connectivity index (χ4v) is 2.78. The molecule has 0 unspecified atom stereocenters. The summed E-state index contributed by atoms with van der Waals surface area (Å²) in [5.74, 6) is 1.63. The van der Waals surface area contributed by atoms with Crippen molar-refractivity contribution in [2.75, 3.05) is 6.79 Å². The summed E-state index contributed by atoms with van der Waals surface area (Å²) < 4.78 is 10.6. The van der Waals surface area contributed by atoms with Gasteiger partial charge in [-0.05, 0) is 38.0 Å². The Balaban J connectivity index is 1.64. The van der Waals surface area contributed by atoms with Crippen molar-refractivity contribution in [1.29, 1.82) is 0 Å². The highest BCUT2D eigenvalue weighted by molar-refractivity contribution is 5.99. The van der Waals surface area contributed by atoms with Gasteiger partial charge < -0.3 is 9.47 Å². The zero-order valence-corrected chi connectivity index (χ0v) is 12.2. The molecule has 1 N–H and O–H groups in total. The van der Waals surface area contributed by atoms with Crippen LogP contribution in [0, 0.1) is 5.92 Å². The van der Waals surface area contributed by atoms with Gasteiger partial charge in [-0.2, -0.15) is 5.10 Å². The van der Waals surface area contributed by atoms with Crippen LogP contribution in [0.2, 0.25) is 0 Å². The Kier molecular flexibility index (Phi) is 4.08. The standard InChI is InChI=1S/C16H20N2O3/c1-11(13-7-8-14-15(9-13)21-10-20-14)17-18-16(19)12-5-3-2-4-6-12/h7-9,12H,2-6,10H2,1H3,(H,18,19). The molecule has 21 heavy (non-hydrogen) atoms. The third-order valence-corrected chi connectivity index (χ3v) is 4.10. The van der Waals surface area contributed by atoms with E-state index < -0.39 is 0 Å². The van der Waals surface area contributed by atoms with Crippen LogP contribution in [0.15, 0.2) is 23.3 Å². The fourth-order valence-electron chi connectivity index (χ4n) is 2.78. The predicted octanol–water partition coefficient (Wildman–Crippen LogP) is 2.84. The molecule has 1 aromatic carbocycles. The average Bonchev–Trinajstić information content (AvgIpc) is 3.00. The maximum Gasteiger partial charge on any atom is 0.243 e. The van der Waals surface area contributed by atoms with E-state index in [0.29, 0.717) is 0 Å². The summed E-state index contributed by atoms with van der Waals surface area (Å²) in [5.41, 5.74) is 4.38. The highest BCUT2D eigenvalue weighted by Crippen LogP contribution is 2.32. The highest BCUT2D eigenvalue weighted by atomic mass is 16.7. The molecule has 112 valence electrons. The normalized spacial score (nSPS) is 18.6. The molecule has 5 heteroatoms. The first-order chi connectivity index (χ1) is 10.2. The number of amides is 1.